The minimum atomic E-state index is 0.601. The first-order valence-corrected chi connectivity index (χ1v) is 7.81. The maximum atomic E-state index is 5.58. The molecular weight excluding hydrogens is 250 g/mol. The van der Waals surface area contributed by atoms with Gasteiger partial charge in [-0.1, -0.05) is 26.2 Å². The number of benzene rings is 1. The molecule has 1 fully saturated rings. The van der Waals surface area contributed by atoms with E-state index < -0.39 is 0 Å². The molecule has 2 atom stereocenters. The van der Waals surface area contributed by atoms with E-state index in [1.165, 1.54) is 37.8 Å². The molecule has 3 heteroatoms. The van der Waals surface area contributed by atoms with Crippen molar-refractivity contribution in [1.82, 2.24) is 0 Å². The number of nitrogens with one attached hydrogen (secondary N) is 1. The summed E-state index contributed by atoms with van der Waals surface area (Å²) in [7, 11) is 1.69. The Morgan fingerprint density at radius 3 is 2.55 bits per heavy atom. The highest BCUT2D eigenvalue weighted by atomic mass is 16.5. The first-order chi connectivity index (χ1) is 9.83. The standard InChI is InChI=1S/C17H27NO2/c1-3-14-6-4-5-7-17(14)18-15-8-10-16(11-9-15)20-13-12-19-2/h8-11,14,17-18H,3-7,12-13H2,1-2H3. The molecule has 1 aromatic carbocycles. The summed E-state index contributed by atoms with van der Waals surface area (Å²) in [6.45, 7) is 3.53. The zero-order chi connectivity index (χ0) is 14.2. The first-order valence-electron chi connectivity index (χ1n) is 7.81. The summed E-state index contributed by atoms with van der Waals surface area (Å²) in [6.07, 6.45) is 6.68. The highest BCUT2D eigenvalue weighted by Gasteiger charge is 2.23. The van der Waals surface area contributed by atoms with Crippen LogP contribution in [0.15, 0.2) is 24.3 Å². The van der Waals surface area contributed by atoms with Crippen LogP contribution in [-0.4, -0.2) is 26.4 Å². The lowest BCUT2D eigenvalue weighted by molar-refractivity contribution is 0.146. The van der Waals surface area contributed by atoms with Crippen LogP contribution in [0.5, 0.6) is 5.75 Å². The van der Waals surface area contributed by atoms with E-state index in [0.29, 0.717) is 19.3 Å². The molecule has 2 unspecified atom stereocenters. The Morgan fingerprint density at radius 2 is 1.85 bits per heavy atom. The van der Waals surface area contributed by atoms with Crippen LogP contribution in [0.2, 0.25) is 0 Å². The van der Waals surface area contributed by atoms with Gasteiger partial charge in [0, 0.05) is 18.8 Å². The van der Waals surface area contributed by atoms with Crippen LogP contribution in [0.1, 0.15) is 39.0 Å². The Hall–Kier alpha value is -1.22. The topological polar surface area (TPSA) is 30.5 Å². The Morgan fingerprint density at radius 1 is 1.10 bits per heavy atom. The molecule has 0 radical (unpaired) electrons. The van der Waals surface area contributed by atoms with Crippen molar-refractivity contribution in [2.45, 2.75) is 45.1 Å². The second-order valence-electron chi connectivity index (χ2n) is 5.57. The number of methoxy groups -OCH3 is 1. The fraction of sp³-hybridized carbons (Fsp3) is 0.647. The van der Waals surface area contributed by atoms with Gasteiger partial charge in [-0.3, -0.25) is 0 Å². The number of hydrogen-bond acceptors (Lipinski definition) is 3. The lowest BCUT2D eigenvalue weighted by Crippen LogP contribution is -2.31. The summed E-state index contributed by atoms with van der Waals surface area (Å²) >= 11 is 0. The van der Waals surface area contributed by atoms with Crippen LogP contribution in [-0.2, 0) is 4.74 Å². The summed E-state index contributed by atoms with van der Waals surface area (Å²) in [6, 6.07) is 8.92. The largest absolute Gasteiger partial charge is 0.491 e. The summed E-state index contributed by atoms with van der Waals surface area (Å²) in [5, 5.41) is 3.70. The third-order valence-electron chi connectivity index (χ3n) is 4.20. The van der Waals surface area contributed by atoms with Crippen LogP contribution in [0.3, 0.4) is 0 Å². The van der Waals surface area contributed by atoms with Gasteiger partial charge in [0.1, 0.15) is 12.4 Å². The van der Waals surface area contributed by atoms with Crippen molar-refractivity contribution in [2.75, 3.05) is 25.6 Å². The molecule has 1 aliphatic carbocycles. The Kier molecular flexibility index (Phi) is 6.19. The van der Waals surface area contributed by atoms with Gasteiger partial charge in [-0.25, -0.2) is 0 Å². The van der Waals surface area contributed by atoms with Gasteiger partial charge in [0.2, 0.25) is 0 Å². The van der Waals surface area contributed by atoms with Gasteiger partial charge in [-0.05, 0) is 43.0 Å². The molecule has 20 heavy (non-hydrogen) atoms. The van der Waals surface area contributed by atoms with Gasteiger partial charge in [-0.15, -0.1) is 0 Å². The Balaban J connectivity index is 1.86. The predicted octanol–water partition coefficient (Wildman–Crippen LogP) is 4.09. The van der Waals surface area contributed by atoms with Crippen LogP contribution >= 0.6 is 0 Å². The van der Waals surface area contributed by atoms with Gasteiger partial charge in [0.05, 0.1) is 6.61 Å². The minimum absolute atomic E-state index is 0.601. The normalized spacial score (nSPS) is 22.5. The smallest absolute Gasteiger partial charge is 0.119 e. The van der Waals surface area contributed by atoms with Crippen molar-refractivity contribution in [2.24, 2.45) is 5.92 Å². The molecule has 0 amide bonds. The van der Waals surface area contributed by atoms with Crippen molar-refractivity contribution in [3.8, 4) is 5.75 Å². The van der Waals surface area contributed by atoms with E-state index in [4.69, 9.17) is 9.47 Å². The number of rotatable bonds is 7. The van der Waals surface area contributed by atoms with E-state index >= 15 is 0 Å². The fourth-order valence-electron chi connectivity index (χ4n) is 2.99. The highest BCUT2D eigenvalue weighted by Crippen LogP contribution is 2.29. The third kappa shape index (κ3) is 4.41. The zero-order valence-electron chi connectivity index (χ0n) is 12.7. The summed E-state index contributed by atoms with van der Waals surface area (Å²) in [5.74, 6) is 1.73. The van der Waals surface area contributed by atoms with Crippen molar-refractivity contribution in [3.63, 3.8) is 0 Å². The van der Waals surface area contributed by atoms with Crippen molar-refractivity contribution >= 4 is 5.69 Å². The lowest BCUT2D eigenvalue weighted by atomic mass is 9.83. The zero-order valence-corrected chi connectivity index (χ0v) is 12.7. The molecule has 0 heterocycles. The Labute approximate surface area is 122 Å². The molecule has 0 aliphatic heterocycles. The first kappa shape index (κ1) is 15.2. The molecule has 1 aromatic rings. The number of hydrogen-bond donors (Lipinski definition) is 1. The van der Waals surface area contributed by atoms with Gasteiger partial charge < -0.3 is 14.8 Å². The van der Waals surface area contributed by atoms with E-state index in [1.807, 2.05) is 12.1 Å². The van der Waals surface area contributed by atoms with Crippen molar-refractivity contribution in [1.29, 1.82) is 0 Å². The van der Waals surface area contributed by atoms with Crippen LogP contribution in [0.4, 0.5) is 5.69 Å². The predicted molar refractivity (Wildman–Crippen MR) is 83.5 cm³/mol. The molecule has 112 valence electrons. The van der Waals surface area contributed by atoms with Gasteiger partial charge >= 0.3 is 0 Å². The summed E-state index contributed by atoms with van der Waals surface area (Å²) < 4.78 is 10.6. The maximum absolute atomic E-state index is 5.58. The van der Waals surface area contributed by atoms with E-state index in [1.54, 1.807) is 7.11 Å². The molecular formula is C17H27NO2. The monoisotopic (exact) mass is 277 g/mol. The van der Waals surface area contributed by atoms with E-state index in [-0.39, 0.29) is 0 Å². The summed E-state index contributed by atoms with van der Waals surface area (Å²) in [5.41, 5.74) is 1.20. The molecule has 0 saturated heterocycles. The average Bonchev–Trinajstić information content (AvgIpc) is 2.50. The quantitative estimate of drug-likeness (QED) is 0.761. The second-order valence-corrected chi connectivity index (χ2v) is 5.57. The van der Waals surface area contributed by atoms with Gasteiger partial charge in [-0.2, -0.15) is 0 Å². The van der Waals surface area contributed by atoms with E-state index in [0.717, 1.165) is 11.7 Å². The molecule has 1 N–H and O–H groups in total. The van der Waals surface area contributed by atoms with Crippen LogP contribution in [0, 0.1) is 5.92 Å². The van der Waals surface area contributed by atoms with E-state index in [9.17, 15) is 0 Å². The van der Waals surface area contributed by atoms with Gasteiger partial charge in [0.25, 0.3) is 0 Å². The van der Waals surface area contributed by atoms with Crippen molar-refractivity contribution in [3.05, 3.63) is 24.3 Å². The minimum Gasteiger partial charge on any atom is -0.491 e. The second kappa shape index (κ2) is 8.15. The van der Waals surface area contributed by atoms with Crippen LogP contribution in [0.25, 0.3) is 0 Å². The Bertz CT molecular complexity index is 377. The number of anilines is 1. The molecule has 2 rings (SSSR count). The molecule has 3 nitrogen and oxygen atoms in total. The van der Waals surface area contributed by atoms with Crippen LogP contribution < -0.4 is 10.1 Å². The van der Waals surface area contributed by atoms with E-state index in [2.05, 4.69) is 24.4 Å². The molecule has 1 aliphatic rings. The summed E-state index contributed by atoms with van der Waals surface area (Å²) in [4.78, 5) is 0. The highest BCUT2D eigenvalue weighted by molar-refractivity contribution is 5.47. The number of ether oxygens (including phenoxy) is 2. The fourth-order valence-corrected chi connectivity index (χ4v) is 2.99. The SMILES string of the molecule is CCC1CCCCC1Nc1ccc(OCCOC)cc1. The lowest BCUT2D eigenvalue weighted by Gasteiger charge is -2.32. The average molecular weight is 277 g/mol. The van der Waals surface area contributed by atoms with Gasteiger partial charge in [0.15, 0.2) is 0 Å². The maximum Gasteiger partial charge on any atom is 0.119 e. The molecule has 0 spiro atoms. The third-order valence-corrected chi connectivity index (χ3v) is 4.20. The molecule has 0 aromatic heterocycles. The molecule has 0 bridgehead atoms. The van der Waals surface area contributed by atoms with Crippen molar-refractivity contribution < 1.29 is 9.47 Å². The molecule has 1 saturated carbocycles.